The van der Waals surface area contributed by atoms with Crippen LogP contribution in [-0.2, 0) is 11.3 Å². The highest BCUT2D eigenvalue weighted by atomic mass is 16.5. The predicted octanol–water partition coefficient (Wildman–Crippen LogP) is 1.10. The smallest absolute Gasteiger partial charge is 0.317 e. The van der Waals surface area contributed by atoms with Crippen LogP contribution in [0.4, 0.5) is 4.79 Å². The van der Waals surface area contributed by atoms with Crippen molar-refractivity contribution >= 4 is 17.2 Å². The largest absolute Gasteiger partial charge is 0.385 e. The maximum absolute atomic E-state index is 12.1. The molecule has 1 aliphatic rings. The maximum Gasteiger partial charge on any atom is 0.317 e. The number of urea groups is 1. The molecule has 8 heteroatoms. The van der Waals surface area contributed by atoms with E-state index in [2.05, 4.69) is 24.8 Å². The van der Waals surface area contributed by atoms with E-state index in [1.165, 1.54) is 0 Å². The fourth-order valence-corrected chi connectivity index (χ4v) is 3.28. The van der Waals surface area contributed by atoms with Gasteiger partial charge in [-0.25, -0.2) is 14.8 Å². The first-order valence-electron chi connectivity index (χ1n) is 9.21. The van der Waals surface area contributed by atoms with Gasteiger partial charge >= 0.3 is 6.03 Å². The summed E-state index contributed by atoms with van der Waals surface area (Å²) in [5.41, 5.74) is 1.89. The van der Waals surface area contributed by atoms with Crippen LogP contribution >= 0.6 is 0 Å². The topological polar surface area (TPSA) is 75.5 Å². The standard InChI is InChI=1S/C18H28N6O2/c1-15-21-16-5-3-6-19-17(16)24(15)13-10-22-8-11-23(12-9-22)18(25)20-7-4-14-26-2/h3,5-6H,4,7-14H2,1-2H3,(H,20,25). The number of pyridine rings is 1. The van der Waals surface area contributed by atoms with E-state index in [0.717, 1.165) is 62.7 Å². The average Bonchev–Trinajstić information content (AvgIpc) is 2.99. The van der Waals surface area contributed by atoms with Crippen molar-refractivity contribution in [3.05, 3.63) is 24.2 Å². The summed E-state index contributed by atoms with van der Waals surface area (Å²) in [6.07, 6.45) is 2.65. The van der Waals surface area contributed by atoms with Crippen molar-refractivity contribution in [2.24, 2.45) is 0 Å². The number of aryl methyl sites for hydroxylation is 1. The van der Waals surface area contributed by atoms with Gasteiger partial charge in [0.25, 0.3) is 0 Å². The summed E-state index contributed by atoms with van der Waals surface area (Å²) >= 11 is 0. The molecule has 3 heterocycles. The molecule has 0 aromatic carbocycles. The minimum absolute atomic E-state index is 0.0291. The van der Waals surface area contributed by atoms with Gasteiger partial charge in [-0.05, 0) is 25.5 Å². The Hall–Kier alpha value is -2.19. The zero-order chi connectivity index (χ0) is 18.4. The zero-order valence-electron chi connectivity index (χ0n) is 15.6. The number of nitrogens with zero attached hydrogens (tertiary/aromatic N) is 5. The molecule has 0 bridgehead atoms. The lowest BCUT2D eigenvalue weighted by atomic mass is 10.3. The Kier molecular flexibility index (Phi) is 6.40. The molecule has 1 saturated heterocycles. The molecule has 0 spiro atoms. The van der Waals surface area contributed by atoms with Crippen molar-refractivity contribution < 1.29 is 9.53 Å². The molecule has 2 aromatic heterocycles. The Morgan fingerprint density at radius 2 is 2.08 bits per heavy atom. The number of rotatable bonds is 7. The van der Waals surface area contributed by atoms with Gasteiger partial charge in [0.2, 0.25) is 0 Å². The van der Waals surface area contributed by atoms with Crippen LogP contribution in [0.1, 0.15) is 12.2 Å². The highest BCUT2D eigenvalue weighted by Gasteiger charge is 2.21. The van der Waals surface area contributed by atoms with Crippen LogP contribution in [0.15, 0.2) is 18.3 Å². The van der Waals surface area contributed by atoms with Crippen LogP contribution in [0, 0.1) is 6.92 Å². The molecule has 2 amide bonds. The normalized spacial score (nSPS) is 15.5. The summed E-state index contributed by atoms with van der Waals surface area (Å²) in [4.78, 5) is 25.4. The second-order valence-corrected chi connectivity index (χ2v) is 6.56. The Morgan fingerprint density at radius 3 is 2.85 bits per heavy atom. The molecular weight excluding hydrogens is 332 g/mol. The van der Waals surface area contributed by atoms with Crippen LogP contribution in [0.2, 0.25) is 0 Å². The molecule has 1 aliphatic heterocycles. The van der Waals surface area contributed by atoms with E-state index in [1.807, 2.05) is 30.2 Å². The van der Waals surface area contributed by atoms with Crippen molar-refractivity contribution in [3.8, 4) is 0 Å². The molecule has 3 rings (SSSR count). The number of ether oxygens (including phenoxy) is 1. The highest BCUT2D eigenvalue weighted by Crippen LogP contribution is 2.13. The van der Waals surface area contributed by atoms with Gasteiger partial charge in [-0.1, -0.05) is 0 Å². The number of fused-ring (bicyclic) bond motifs is 1. The van der Waals surface area contributed by atoms with E-state index in [0.29, 0.717) is 13.2 Å². The number of piperazine rings is 1. The molecular formula is C18H28N6O2. The van der Waals surface area contributed by atoms with Crippen molar-refractivity contribution in [2.45, 2.75) is 19.9 Å². The minimum Gasteiger partial charge on any atom is -0.385 e. The first-order valence-corrected chi connectivity index (χ1v) is 9.21. The summed E-state index contributed by atoms with van der Waals surface area (Å²) in [6, 6.07) is 3.94. The number of carbonyl (C=O) groups is 1. The first-order chi connectivity index (χ1) is 12.7. The lowest BCUT2D eigenvalue weighted by molar-refractivity contribution is 0.136. The summed E-state index contributed by atoms with van der Waals surface area (Å²) in [5, 5.41) is 2.95. The number of imidazole rings is 1. The Balaban J connectivity index is 1.44. The van der Waals surface area contributed by atoms with Crippen molar-refractivity contribution in [1.82, 2.24) is 29.7 Å². The number of nitrogens with one attached hydrogen (secondary N) is 1. The summed E-state index contributed by atoms with van der Waals surface area (Å²) in [5.74, 6) is 0.993. The molecule has 8 nitrogen and oxygen atoms in total. The Bertz CT molecular complexity index is 724. The number of hydrogen-bond acceptors (Lipinski definition) is 5. The zero-order valence-corrected chi connectivity index (χ0v) is 15.6. The Labute approximate surface area is 154 Å². The second-order valence-electron chi connectivity index (χ2n) is 6.56. The van der Waals surface area contributed by atoms with E-state index in [9.17, 15) is 4.79 Å². The van der Waals surface area contributed by atoms with Crippen molar-refractivity contribution in [3.63, 3.8) is 0 Å². The van der Waals surface area contributed by atoms with Crippen LogP contribution in [0.25, 0.3) is 11.2 Å². The molecule has 0 saturated carbocycles. The number of methoxy groups -OCH3 is 1. The molecule has 1 fully saturated rings. The summed E-state index contributed by atoms with van der Waals surface area (Å²) in [6.45, 7) is 8.46. The van der Waals surface area contributed by atoms with E-state index >= 15 is 0 Å². The first kappa shape index (κ1) is 18.6. The summed E-state index contributed by atoms with van der Waals surface area (Å²) < 4.78 is 7.16. The number of amides is 2. The van der Waals surface area contributed by atoms with Crippen LogP contribution in [0.5, 0.6) is 0 Å². The molecule has 1 N–H and O–H groups in total. The number of hydrogen-bond donors (Lipinski definition) is 1. The number of aromatic nitrogens is 3. The molecule has 2 aromatic rings. The third kappa shape index (κ3) is 4.50. The fraction of sp³-hybridized carbons (Fsp3) is 0.611. The van der Waals surface area contributed by atoms with Gasteiger partial charge in [-0.3, -0.25) is 4.90 Å². The van der Waals surface area contributed by atoms with Gasteiger partial charge in [0.05, 0.1) is 0 Å². The van der Waals surface area contributed by atoms with Crippen LogP contribution in [0.3, 0.4) is 0 Å². The van der Waals surface area contributed by atoms with E-state index in [4.69, 9.17) is 4.74 Å². The maximum atomic E-state index is 12.1. The van der Waals surface area contributed by atoms with Gasteiger partial charge in [-0.2, -0.15) is 0 Å². The van der Waals surface area contributed by atoms with E-state index in [-0.39, 0.29) is 6.03 Å². The van der Waals surface area contributed by atoms with Gasteiger partial charge in [0, 0.05) is 65.7 Å². The average molecular weight is 360 g/mol. The second kappa shape index (κ2) is 8.95. The molecule has 0 unspecified atom stereocenters. The van der Waals surface area contributed by atoms with Gasteiger partial charge < -0.3 is 19.5 Å². The molecule has 26 heavy (non-hydrogen) atoms. The monoisotopic (exact) mass is 360 g/mol. The van der Waals surface area contributed by atoms with Crippen molar-refractivity contribution in [2.75, 3.05) is 53.0 Å². The molecule has 142 valence electrons. The summed E-state index contributed by atoms with van der Waals surface area (Å²) in [7, 11) is 1.67. The van der Waals surface area contributed by atoms with Gasteiger partial charge in [0.15, 0.2) is 5.65 Å². The third-order valence-electron chi connectivity index (χ3n) is 4.80. The van der Waals surface area contributed by atoms with Gasteiger partial charge in [0.1, 0.15) is 11.3 Å². The van der Waals surface area contributed by atoms with E-state index in [1.54, 1.807) is 7.11 Å². The molecule has 0 atom stereocenters. The number of carbonyl (C=O) groups excluding carboxylic acids is 1. The van der Waals surface area contributed by atoms with Crippen LogP contribution < -0.4 is 5.32 Å². The molecule has 0 radical (unpaired) electrons. The van der Waals surface area contributed by atoms with Crippen LogP contribution in [-0.4, -0.2) is 83.4 Å². The third-order valence-corrected chi connectivity index (χ3v) is 4.80. The SMILES string of the molecule is COCCCNC(=O)N1CCN(CCn2c(C)nc3cccnc32)CC1. The van der Waals surface area contributed by atoms with E-state index < -0.39 is 0 Å². The predicted molar refractivity (Wildman–Crippen MR) is 100 cm³/mol. The minimum atomic E-state index is 0.0291. The van der Waals surface area contributed by atoms with Gasteiger partial charge in [-0.15, -0.1) is 0 Å². The Morgan fingerprint density at radius 1 is 1.27 bits per heavy atom. The molecule has 0 aliphatic carbocycles. The quantitative estimate of drug-likeness (QED) is 0.749. The highest BCUT2D eigenvalue weighted by molar-refractivity contribution is 5.74. The lowest BCUT2D eigenvalue weighted by Crippen LogP contribution is -2.52. The van der Waals surface area contributed by atoms with Crippen molar-refractivity contribution in [1.29, 1.82) is 0 Å². The fourth-order valence-electron chi connectivity index (χ4n) is 3.28. The lowest BCUT2D eigenvalue weighted by Gasteiger charge is -2.34.